The van der Waals surface area contributed by atoms with Crippen molar-refractivity contribution in [1.29, 1.82) is 0 Å². The van der Waals surface area contributed by atoms with Crippen molar-refractivity contribution in [1.82, 2.24) is 0 Å². The van der Waals surface area contributed by atoms with Gasteiger partial charge in [0.25, 0.3) is 5.91 Å². The number of hydrogen-bond acceptors (Lipinski definition) is 5. The Morgan fingerprint density at radius 2 is 2.00 bits per heavy atom. The smallest absolute Gasteiger partial charge is 0.271 e. The lowest BCUT2D eigenvalue weighted by molar-refractivity contribution is -0.113. The van der Waals surface area contributed by atoms with E-state index >= 15 is 0 Å². The molecule has 28 heavy (non-hydrogen) atoms. The number of carbonyl (C=O) groups is 1. The second-order valence-electron chi connectivity index (χ2n) is 6.35. The maximum atomic E-state index is 14.2. The van der Waals surface area contributed by atoms with Gasteiger partial charge in [-0.2, -0.15) is 0 Å². The molecule has 0 unspecified atom stereocenters. The van der Waals surface area contributed by atoms with Crippen LogP contribution < -0.4 is 9.64 Å². The molecule has 7 heteroatoms. The molecule has 2 aromatic carbocycles. The summed E-state index contributed by atoms with van der Waals surface area (Å²) in [5.74, 6) is -0.680. The van der Waals surface area contributed by atoms with E-state index in [2.05, 4.69) is 4.99 Å². The Morgan fingerprint density at radius 3 is 2.64 bits per heavy atom. The number of anilines is 1. The van der Waals surface area contributed by atoms with Gasteiger partial charge < -0.3 is 9.84 Å². The maximum Gasteiger partial charge on any atom is 0.271 e. The van der Waals surface area contributed by atoms with Crippen molar-refractivity contribution in [3.05, 3.63) is 64.8 Å². The molecule has 0 bridgehead atoms. The number of hydrogen-bond donors (Lipinski definition) is 1. The molecule has 146 valence electrons. The van der Waals surface area contributed by atoms with Gasteiger partial charge in [-0.25, -0.2) is 4.39 Å². The molecular formula is C21H21FN2O3S. The van der Waals surface area contributed by atoms with Crippen LogP contribution in [0.4, 0.5) is 10.1 Å². The summed E-state index contributed by atoms with van der Waals surface area (Å²) in [7, 11) is 0. The van der Waals surface area contributed by atoms with Crippen molar-refractivity contribution in [2.24, 2.45) is 4.99 Å². The van der Waals surface area contributed by atoms with Crippen LogP contribution in [0.25, 0.3) is 6.08 Å². The van der Waals surface area contributed by atoms with E-state index in [1.807, 2.05) is 44.2 Å². The predicted octanol–water partition coefficient (Wildman–Crippen LogP) is 4.08. The molecule has 0 aromatic heterocycles. The number of amidine groups is 1. The van der Waals surface area contributed by atoms with Crippen LogP contribution in [0.1, 0.15) is 19.4 Å². The van der Waals surface area contributed by atoms with Gasteiger partial charge in [0.2, 0.25) is 0 Å². The highest BCUT2D eigenvalue weighted by atomic mass is 32.2. The molecule has 3 rings (SSSR count). The summed E-state index contributed by atoms with van der Waals surface area (Å²) < 4.78 is 19.3. The van der Waals surface area contributed by atoms with Crippen molar-refractivity contribution in [3.63, 3.8) is 0 Å². The zero-order chi connectivity index (χ0) is 20.1. The number of aliphatic imine (C=N–C) groups is 1. The normalized spacial score (nSPS) is 17.2. The second-order valence-corrected chi connectivity index (χ2v) is 7.36. The third-order valence-corrected chi connectivity index (χ3v) is 4.77. The average molecular weight is 400 g/mol. The second kappa shape index (κ2) is 9.03. The van der Waals surface area contributed by atoms with Gasteiger partial charge in [0.15, 0.2) is 16.7 Å². The molecule has 1 heterocycles. The Morgan fingerprint density at radius 1 is 1.25 bits per heavy atom. The molecule has 0 spiro atoms. The number of amides is 1. The number of para-hydroxylation sites is 1. The Balaban J connectivity index is 1.92. The minimum atomic E-state index is -0.547. The first-order valence-electron chi connectivity index (χ1n) is 8.89. The van der Waals surface area contributed by atoms with E-state index in [0.717, 1.165) is 5.69 Å². The molecule has 2 aromatic rings. The van der Waals surface area contributed by atoms with Crippen molar-refractivity contribution in [2.45, 2.75) is 19.9 Å². The van der Waals surface area contributed by atoms with Crippen LogP contribution in [-0.2, 0) is 4.79 Å². The molecule has 1 N–H and O–H groups in total. The van der Waals surface area contributed by atoms with E-state index in [1.165, 1.54) is 23.9 Å². The molecule has 1 fully saturated rings. The van der Waals surface area contributed by atoms with E-state index in [-0.39, 0.29) is 30.9 Å². The van der Waals surface area contributed by atoms with E-state index in [1.54, 1.807) is 17.0 Å². The van der Waals surface area contributed by atoms with Crippen molar-refractivity contribution >= 4 is 34.6 Å². The number of nitrogens with zero attached hydrogens (tertiary/aromatic N) is 2. The van der Waals surface area contributed by atoms with Gasteiger partial charge in [-0.15, -0.1) is 0 Å². The van der Waals surface area contributed by atoms with Crippen molar-refractivity contribution < 1.29 is 19.0 Å². The lowest BCUT2D eigenvalue weighted by atomic mass is 10.2. The summed E-state index contributed by atoms with van der Waals surface area (Å²) in [4.78, 5) is 19.6. The third kappa shape index (κ3) is 4.61. The van der Waals surface area contributed by atoms with Crippen LogP contribution in [0.15, 0.2) is 58.4 Å². The summed E-state index contributed by atoms with van der Waals surface area (Å²) in [5.41, 5.74) is 1.28. The Hall–Kier alpha value is -2.64. The molecule has 1 aliphatic heterocycles. The zero-order valence-electron chi connectivity index (χ0n) is 15.6. The standard InChI is InChI=1S/C21H21FN2O3S/c1-14(2)23-21-24(16-6-4-3-5-7-16)20(26)19(28-21)13-15-8-9-18(17(22)12-15)27-11-10-25/h3-9,12-14,25H,10-11H2,1-2H3. The van der Waals surface area contributed by atoms with Gasteiger partial charge in [-0.05, 0) is 61.5 Å². The van der Waals surface area contributed by atoms with Crippen molar-refractivity contribution in [2.75, 3.05) is 18.1 Å². The highest BCUT2D eigenvalue weighted by molar-refractivity contribution is 8.19. The molecule has 0 aliphatic carbocycles. The molecule has 1 aliphatic rings. The molecule has 1 saturated heterocycles. The Kier molecular flexibility index (Phi) is 6.49. The zero-order valence-corrected chi connectivity index (χ0v) is 16.4. The lowest BCUT2D eigenvalue weighted by Crippen LogP contribution is -2.29. The largest absolute Gasteiger partial charge is 0.488 e. The molecular weight excluding hydrogens is 379 g/mol. The van der Waals surface area contributed by atoms with Crippen LogP contribution in [0, 0.1) is 5.82 Å². The highest BCUT2D eigenvalue weighted by Crippen LogP contribution is 2.36. The van der Waals surface area contributed by atoms with Gasteiger partial charge >= 0.3 is 0 Å². The van der Waals surface area contributed by atoms with Crippen LogP contribution in [0.5, 0.6) is 5.75 Å². The van der Waals surface area contributed by atoms with Crippen LogP contribution in [-0.4, -0.2) is 35.4 Å². The summed E-state index contributed by atoms with van der Waals surface area (Å²) in [6.45, 7) is 3.73. The number of halogens is 1. The monoisotopic (exact) mass is 400 g/mol. The Labute approximate surface area is 167 Å². The highest BCUT2D eigenvalue weighted by Gasteiger charge is 2.34. The van der Waals surface area contributed by atoms with Gasteiger partial charge in [0, 0.05) is 6.04 Å². The number of aliphatic hydroxyl groups excluding tert-OH is 1. The summed E-state index contributed by atoms with van der Waals surface area (Å²) in [6, 6.07) is 13.8. The van der Waals surface area contributed by atoms with Crippen LogP contribution in [0.2, 0.25) is 0 Å². The quantitative estimate of drug-likeness (QED) is 0.742. The van der Waals surface area contributed by atoms with E-state index in [4.69, 9.17) is 9.84 Å². The number of benzene rings is 2. The first kappa shape index (κ1) is 20.1. The molecule has 0 atom stereocenters. The molecule has 1 amide bonds. The maximum absolute atomic E-state index is 14.2. The fourth-order valence-corrected chi connectivity index (χ4v) is 3.73. The van der Waals surface area contributed by atoms with Gasteiger partial charge in [-0.3, -0.25) is 14.7 Å². The number of ether oxygens (including phenoxy) is 1. The predicted molar refractivity (Wildman–Crippen MR) is 111 cm³/mol. The molecule has 5 nitrogen and oxygen atoms in total. The summed E-state index contributed by atoms with van der Waals surface area (Å²) in [6.07, 6.45) is 1.64. The summed E-state index contributed by atoms with van der Waals surface area (Å²) in [5, 5.41) is 9.38. The SMILES string of the molecule is CC(C)N=C1SC(=Cc2ccc(OCCO)c(F)c2)C(=O)N1c1ccccc1. The fourth-order valence-electron chi connectivity index (χ4n) is 2.62. The summed E-state index contributed by atoms with van der Waals surface area (Å²) >= 11 is 1.27. The topological polar surface area (TPSA) is 62.1 Å². The van der Waals surface area contributed by atoms with Crippen LogP contribution in [0.3, 0.4) is 0 Å². The number of carbonyl (C=O) groups excluding carboxylic acids is 1. The van der Waals surface area contributed by atoms with Crippen LogP contribution >= 0.6 is 11.8 Å². The van der Waals surface area contributed by atoms with Crippen molar-refractivity contribution in [3.8, 4) is 5.75 Å². The number of aliphatic hydroxyl groups is 1. The first-order chi connectivity index (χ1) is 13.5. The van der Waals surface area contributed by atoms with Gasteiger partial charge in [-0.1, -0.05) is 24.3 Å². The third-order valence-electron chi connectivity index (χ3n) is 3.79. The minimum absolute atomic E-state index is 0.0206. The number of rotatable bonds is 6. The molecule has 0 saturated carbocycles. The minimum Gasteiger partial charge on any atom is -0.488 e. The van der Waals surface area contributed by atoms with Gasteiger partial charge in [0.1, 0.15) is 6.61 Å². The Bertz CT molecular complexity index is 913. The van der Waals surface area contributed by atoms with E-state index in [0.29, 0.717) is 15.6 Å². The average Bonchev–Trinajstić information content (AvgIpc) is 2.96. The lowest BCUT2D eigenvalue weighted by Gasteiger charge is -2.16. The van der Waals surface area contributed by atoms with Gasteiger partial charge in [0.05, 0.1) is 17.2 Å². The molecule has 0 radical (unpaired) electrons. The first-order valence-corrected chi connectivity index (χ1v) is 9.71. The van der Waals surface area contributed by atoms with E-state index in [9.17, 15) is 9.18 Å². The fraction of sp³-hybridized carbons (Fsp3) is 0.238. The van der Waals surface area contributed by atoms with E-state index < -0.39 is 5.82 Å². The number of thioether (sulfide) groups is 1.